The first-order valence-corrected chi connectivity index (χ1v) is 7.71. The number of ether oxygens (including phenoxy) is 1. The van der Waals surface area contributed by atoms with Crippen molar-refractivity contribution in [3.63, 3.8) is 0 Å². The molecular weight excluding hydrogens is 274 g/mol. The fourth-order valence-electron chi connectivity index (χ4n) is 2.40. The lowest BCUT2D eigenvalue weighted by Gasteiger charge is -2.28. The van der Waals surface area contributed by atoms with Crippen molar-refractivity contribution in [3.05, 3.63) is 29.8 Å². The van der Waals surface area contributed by atoms with Crippen LogP contribution in [0.5, 0.6) is 5.75 Å². The smallest absolute Gasteiger partial charge is 0.245 e. The zero-order chi connectivity index (χ0) is 14.5. The van der Waals surface area contributed by atoms with Crippen molar-refractivity contribution in [3.8, 4) is 5.75 Å². The molecule has 2 rings (SSSR count). The van der Waals surface area contributed by atoms with E-state index in [1.807, 2.05) is 43.0 Å². The summed E-state index contributed by atoms with van der Waals surface area (Å²) in [7, 11) is 0. The molecule has 0 saturated carbocycles. The number of alkyl halides is 1. The summed E-state index contributed by atoms with van der Waals surface area (Å²) in [6, 6.07) is 7.48. The largest absolute Gasteiger partial charge is 0.491 e. The van der Waals surface area contributed by atoms with E-state index in [9.17, 15) is 4.79 Å². The van der Waals surface area contributed by atoms with Crippen LogP contribution in [-0.4, -0.2) is 30.0 Å². The topological polar surface area (TPSA) is 29.5 Å². The highest BCUT2D eigenvalue weighted by Gasteiger charge is 2.24. The monoisotopic (exact) mass is 295 g/mol. The van der Waals surface area contributed by atoms with Gasteiger partial charge in [0, 0.05) is 13.1 Å². The minimum atomic E-state index is -0.596. The van der Waals surface area contributed by atoms with E-state index in [0.29, 0.717) is 0 Å². The van der Waals surface area contributed by atoms with Crippen LogP contribution in [0.15, 0.2) is 24.3 Å². The zero-order valence-corrected chi connectivity index (χ0v) is 12.9. The molecule has 0 aliphatic carbocycles. The van der Waals surface area contributed by atoms with Crippen molar-refractivity contribution in [2.45, 2.75) is 44.6 Å². The summed E-state index contributed by atoms with van der Waals surface area (Å²) in [5.41, 5.74) is 0.832. The second kappa shape index (κ2) is 6.98. The highest BCUT2D eigenvalue weighted by molar-refractivity contribution is 6.30. The number of nitrogens with zero attached hydrogens (tertiary/aromatic N) is 1. The van der Waals surface area contributed by atoms with Gasteiger partial charge in [0.15, 0.2) is 0 Å². The molecule has 1 fully saturated rings. The van der Waals surface area contributed by atoms with Gasteiger partial charge in [0.05, 0.1) is 6.10 Å². The van der Waals surface area contributed by atoms with Crippen molar-refractivity contribution in [2.24, 2.45) is 0 Å². The molecule has 0 N–H and O–H groups in total. The predicted molar refractivity (Wildman–Crippen MR) is 81.2 cm³/mol. The molecule has 0 radical (unpaired) electrons. The van der Waals surface area contributed by atoms with Crippen LogP contribution in [-0.2, 0) is 4.79 Å². The third kappa shape index (κ3) is 3.89. The second-order valence-electron chi connectivity index (χ2n) is 5.48. The maximum atomic E-state index is 12.3. The van der Waals surface area contributed by atoms with Gasteiger partial charge in [-0.1, -0.05) is 12.1 Å². The van der Waals surface area contributed by atoms with Gasteiger partial charge < -0.3 is 9.64 Å². The predicted octanol–water partition coefficient (Wildman–Crippen LogP) is 3.77. The average molecular weight is 296 g/mol. The van der Waals surface area contributed by atoms with E-state index in [0.717, 1.165) is 37.2 Å². The number of hydrogen-bond donors (Lipinski definition) is 0. The fraction of sp³-hybridized carbons (Fsp3) is 0.562. The van der Waals surface area contributed by atoms with Crippen LogP contribution >= 0.6 is 11.6 Å². The minimum Gasteiger partial charge on any atom is -0.491 e. The van der Waals surface area contributed by atoms with E-state index in [1.54, 1.807) is 0 Å². The van der Waals surface area contributed by atoms with E-state index >= 15 is 0 Å². The zero-order valence-electron chi connectivity index (χ0n) is 12.1. The van der Waals surface area contributed by atoms with Crippen molar-refractivity contribution in [1.82, 2.24) is 4.90 Å². The lowest BCUT2D eigenvalue weighted by Crippen LogP contribution is -2.37. The van der Waals surface area contributed by atoms with E-state index in [-0.39, 0.29) is 12.0 Å². The molecule has 1 saturated heterocycles. The van der Waals surface area contributed by atoms with Crippen LogP contribution in [0.25, 0.3) is 0 Å². The summed E-state index contributed by atoms with van der Waals surface area (Å²) in [5.74, 6) is 0.821. The number of halogens is 1. The summed E-state index contributed by atoms with van der Waals surface area (Å²) in [4.78, 5) is 14.2. The van der Waals surface area contributed by atoms with Gasteiger partial charge in [-0.05, 0) is 50.8 Å². The van der Waals surface area contributed by atoms with Crippen LogP contribution in [0.3, 0.4) is 0 Å². The average Bonchev–Trinajstić information content (AvgIpc) is 2.47. The Labute approximate surface area is 125 Å². The van der Waals surface area contributed by atoms with Crippen LogP contribution < -0.4 is 4.74 Å². The van der Waals surface area contributed by atoms with Crippen molar-refractivity contribution in [2.75, 3.05) is 13.1 Å². The maximum absolute atomic E-state index is 12.3. The molecule has 20 heavy (non-hydrogen) atoms. The van der Waals surface area contributed by atoms with E-state index < -0.39 is 5.38 Å². The Morgan fingerprint density at radius 3 is 2.30 bits per heavy atom. The van der Waals surface area contributed by atoms with E-state index in [2.05, 4.69) is 0 Å². The molecule has 1 atom stereocenters. The Bertz CT molecular complexity index is 438. The molecule has 1 aromatic carbocycles. The highest BCUT2D eigenvalue weighted by atomic mass is 35.5. The molecule has 1 aromatic rings. The van der Waals surface area contributed by atoms with Crippen molar-refractivity contribution >= 4 is 17.5 Å². The number of rotatable bonds is 4. The number of hydrogen-bond acceptors (Lipinski definition) is 2. The Kier molecular flexibility index (Phi) is 5.30. The van der Waals surface area contributed by atoms with Crippen LogP contribution in [0.1, 0.15) is 44.1 Å². The minimum absolute atomic E-state index is 0.0175. The summed E-state index contributed by atoms with van der Waals surface area (Å²) < 4.78 is 5.59. The molecule has 1 heterocycles. The number of carbonyl (C=O) groups is 1. The van der Waals surface area contributed by atoms with Crippen LogP contribution in [0, 0.1) is 0 Å². The van der Waals surface area contributed by atoms with Crippen LogP contribution in [0.4, 0.5) is 0 Å². The van der Waals surface area contributed by atoms with Gasteiger partial charge in [0.2, 0.25) is 5.91 Å². The van der Waals surface area contributed by atoms with Gasteiger partial charge in [-0.2, -0.15) is 0 Å². The van der Waals surface area contributed by atoms with Crippen molar-refractivity contribution < 1.29 is 9.53 Å². The molecule has 4 heteroatoms. The Morgan fingerprint density at radius 2 is 1.75 bits per heavy atom. The summed E-state index contributed by atoms with van der Waals surface area (Å²) >= 11 is 6.32. The third-order valence-electron chi connectivity index (χ3n) is 3.43. The molecule has 110 valence electrons. The van der Waals surface area contributed by atoms with Gasteiger partial charge in [0.1, 0.15) is 11.1 Å². The number of likely N-dealkylation sites (tertiary alicyclic amines) is 1. The number of benzene rings is 1. The van der Waals surface area contributed by atoms with Gasteiger partial charge >= 0.3 is 0 Å². The lowest BCUT2D eigenvalue weighted by atomic mass is 10.1. The first kappa shape index (κ1) is 15.2. The molecule has 1 unspecified atom stereocenters. The number of piperidine rings is 1. The van der Waals surface area contributed by atoms with E-state index in [1.165, 1.54) is 6.42 Å². The lowest BCUT2D eigenvalue weighted by molar-refractivity contribution is -0.131. The summed E-state index contributed by atoms with van der Waals surface area (Å²) in [6.07, 6.45) is 3.51. The Balaban J connectivity index is 2.00. The summed E-state index contributed by atoms with van der Waals surface area (Å²) in [6.45, 7) is 5.63. The SMILES string of the molecule is CC(C)Oc1ccc(C(Cl)C(=O)N2CCCCC2)cc1. The molecule has 1 aliphatic rings. The Morgan fingerprint density at radius 1 is 1.15 bits per heavy atom. The molecule has 1 aliphatic heterocycles. The second-order valence-corrected chi connectivity index (χ2v) is 5.92. The fourth-order valence-corrected chi connectivity index (χ4v) is 2.69. The highest BCUT2D eigenvalue weighted by Crippen LogP contribution is 2.26. The number of amides is 1. The normalized spacial score (nSPS) is 17.1. The maximum Gasteiger partial charge on any atom is 0.245 e. The first-order chi connectivity index (χ1) is 9.58. The molecule has 3 nitrogen and oxygen atoms in total. The first-order valence-electron chi connectivity index (χ1n) is 7.27. The molecule has 0 spiro atoms. The molecule has 0 aromatic heterocycles. The molecule has 1 amide bonds. The standard InChI is InChI=1S/C16H22ClNO2/c1-12(2)20-14-8-6-13(7-9-14)15(17)16(19)18-10-4-3-5-11-18/h6-9,12,15H,3-5,10-11H2,1-2H3. The molecular formula is C16H22ClNO2. The van der Waals surface area contributed by atoms with Crippen LogP contribution in [0.2, 0.25) is 0 Å². The van der Waals surface area contributed by atoms with Gasteiger partial charge in [-0.3, -0.25) is 4.79 Å². The van der Waals surface area contributed by atoms with Gasteiger partial charge in [-0.25, -0.2) is 0 Å². The third-order valence-corrected chi connectivity index (χ3v) is 3.87. The quantitative estimate of drug-likeness (QED) is 0.792. The van der Waals surface area contributed by atoms with Gasteiger partial charge in [-0.15, -0.1) is 11.6 Å². The van der Waals surface area contributed by atoms with Gasteiger partial charge in [0.25, 0.3) is 0 Å². The Hall–Kier alpha value is -1.22. The van der Waals surface area contributed by atoms with E-state index in [4.69, 9.17) is 16.3 Å². The number of carbonyl (C=O) groups excluding carboxylic acids is 1. The van der Waals surface area contributed by atoms with Crippen molar-refractivity contribution in [1.29, 1.82) is 0 Å². The summed E-state index contributed by atoms with van der Waals surface area (Å²) in [5, 5.41) is -0.596. The molecule has 0 bridgehead atoms.